The van der Waals surface area contributed by atoms with Gasteiger partial charge in [-0.25, -0.2) is 0 Å². The van der Waals surface area contributed by atoms with E-state index in [4.69, 9.17) is 0 Å². The molecule has 26 heavy (non-hydrogen) atoms. The molecule has 0 saturated heterocycles. The average molecular weight is 351 g/mol. The number of rotatable bonds is 6. The summed E-state index contributed by atoms with van der Waals surface area (Å²) in [7, 11) is 1.35. The van der Waals surface area contributed by atoms with Crippen LogP contribution in [0, 0.1) is 0 Å². The predicted octanol–water partition coefficient (Wildman–Crippen LogP) is 3.93. The van der Waals surface area contributed by atoms with E-state index < -0.39 is 5.91 Å². The van der Waals surface area contributed by atoms with Gasteiger partial charge in [0, 0.05) is 17.7 Å². The molecular weight excluding hydrogens is 330 g/mol. The lowest BCUT2D eigenvalue weighted by atomic mass is 9.95. The van der Waals surface area contributed by atoms with Crippen LogP contribution in [0.2, 0.25) is 0 Å². The molecule has 0 aliphatic carbocycles. The molecule has 0 radical (unpaired) electrons. The van der Waals surface area contributed by atoms with Crippen LogP contribution in [-0.4, -0.2) is 24.1 Å². The molecule has 1 unspecified atom stereocenters. The van der Waals surface area contributed by atoms with Gasteiger partial charge in [0.1, 0.15) is 0 Å². The van der Waals surface area contributed by atoms with E-state index in [1.807, 2.05) is 60.7 Å². The number of para-hydroxylation sites is 1. The van der Waals surface area contributed by atoms with Gasteiger partial charge >= 0.3 is 5.97 Å². The second-order valence-electron chi connectivity index (χ2n) is 6.13. The van der Waals surface area contributed by atoms with Crippen LogP contribution in [0.1, 0.15) is 30.9 Å². The molecule has 0 fully saturated rings. The van der Waals surface area contributed by atoms with Gasteiger partial charge < -0.3 is 9.84 Å². The highest BCUT2D eigenvalue weighted by molar-refractivity contribution is 6.08. The summed E-state index contributed by atoms with van der Waals surface area (Å²) in [6.07, 6.45) is 1.19. The minimum absolute atomic E-state index is 0.229. The number of anilines is 1. The maximum absolute atomic E-state index is 12.8. The Morgan fingerprint density at radius 3 is 2.31 bits per heavy atom. The fourth-order valence-corrected chi connectivity index (χ4v) is 3.27. The van der Waals surface area contributed by atoms with Gasteiger partial charge in [0.15, 0.2) is 5.76 Å². The number of carbonyl (C=O) groups excluding carboxylic acids is 2. The lowest BCUT2D eigenvalue weighted by Crippen LogP contribution is -2.30. The van der Waals surface area contributed by atoms with Gasteiger partial charge in [0.2, 0.25) is 0 Å². The molecule has 134 valence electrons. The van der Waals surface area contributed by atoms with E-state index in [-0.39, 0.29) is 24.2 Å². The highest BCUT2D eigenvalue weighted by Gasteiger charge is 2.40. The monoisotopic (exact) mass is 351 g/mol. The number of aliphatic hydroxyl groups is 1. The van der Waals surface area contributed by atoms with Crippen LogP contribution in [-0.2, 0) is 14.3 Å². The number of nitrogens with zero attached hydrogens (tertiary/aromatic N) is 1. The molecule has 2 aromatic carbocycles. The van der Waals surface area contributed by atoms with Crippen LogP contribution in [0.3, 0.4) is 0 Å². The number of hydrogen-bond donors (Lipinski definition) is 1. The Bertz CT molecular complexity index is 814. The SMILES string of the molecule is COC(=O)CCCC1=C(O)C(=O)N(c2ccccc2)C1c1ccccc1. The Labute approximate surface area is 152 Å². The van der Waals surface area contributed by atoms with Crippen LogP contribution in [0.5, 0.6) is 0 Å². The van der Waals surface area contributed by atoms with Crippen molar-refractivity contribution in [3.63, 3.8) is 0 Å². The van der Waals surface area contributed by atoms with Crippen LogP contribution in [0.4, 0.5) is 5.69 Å². The fourth-order valence-electron chi connectivity index (χ4n) is 3.27. The van der Waals surface area contributed by atoms with Gasteiger partial charge in [-0.3, -0.25) is 14.5 Å². The third-order valence-corrected chi connectivity index (χ3v) is 4.52. The largest absolute Gasteiger partial charge is 0.503 e. The lowest BCUT2D eigenvalue weighted by molar-refractivity contribution is -0.140. The van der Waals surface area contributed by atoms with Crippen molar-refractivity contribution in [2.45, 2.75) is 25.3 Å². The minimum Gasteiger partial charge on any atom is -0.503 e. The first kappa shape index (κ1) is 17.7. The summed E-state index contributed by atoms with van der Waals surface area (Å²) in [6, 6.07) is 18.5. The quantitative estimate of drug-likeness (QED) is 0.801. The van der Waals surface area contributed by atoms with Crippen LogP contribution in [0.25, 0.3) is 0 Å². The highest BCUT2D eigenvalue weighted by Crippen LogP contribution is 2.42. The molecule has 5 heteroatoms. The lowest BCUT2D eigenvalue weighted by Gasteiger charge is -2.27. The molecule has 3 rings (SSSR count). The first-order valence-corrected chi connectivity index (χ1v) is 8.56. The van der Waals surface area contributed by atoms with Crippen LogP contribution in [0.15, 0.2) is 72.0 Å². The standard InChI is InChI=1S/C21H21NO4/c1-26-18(23)14-8-13-17-19(15-9-4-2-5-10-15)22(21(25)20(17)24)16-11-6-3-7-12-16/h2-7,9-12,19,24H,8,13-14H2,1H3. The number of esters is 1. The summed E-state index contributed by atoms with van der Waals surface area (Å²) in [5.74, 6) is -0.948. The number of hydrogen-bond acceptors (Lipinski definition) is 4. The van der Waals surface area contributed by atoms with Crippen molar-refractivity contribution in [1.82, 2.24) is 0 Å². The van der Waals surface area contributed by atoms with Crippen molar-refractivity contribution < 1.29 is 19.4 Å². The molecule has 0 aromatic heterocycles. The minimum atomic E-state index is -0.418. The zero-order chi connectivity index (χ0) is 18.5. The molecule has 0 spiro atoms. The maximum Gasteiger partial charge on any atom is 0.305 e. The number of ether oxygens (including phenoxy) is 1. The molecule has 2 aromatic rings. The Morgan fingerprint density at radius 2 is 1.69 bits per heavy atom. The van der Waals surface area contributed by atoms with E-state index in [1.54, 1.807) is 4.90 Å². The zero-order valence-electron chi connectivity index (χ0n) is 14.6. The Balaban J connectivity index is 1.95. The second-order valence-corrected chi connectivity index (χ2v) is 6.13. The fraction of sp³-hybridized carbons (Fsp3) is 0.238. The zero-order valence-corrected chi connectivity index (χ0v) is 14.6. The van der Waals surface area contributed by atoms with Crippen LogP contribution < -0.4 is 4.90 Å². The van der Waals surface area contributed by atoms with Crippen molar-refractivity contribution in [2.24, 2.45) is 0 Å². The summed E-state index contributed by atoms with van der Waals surface area (Å²) >= 11 is 0. The summed E-state index contributed by atoms with van der Waals surface area (Å²) in [5.41, 5.74) is 2.27. The third kappa shape index (κ3) is 3.47. The van der Waals surface area contributed by atoms with Crippen molar-refractivity contribution in [2.75, 3.05) is 12.0 Å². The topological polar surface area (TPSA) is 66.8 Å². The molecule has 1 aliphatic rings. The second kappa shape index (κ2) is 7.87. The maximum atomic E-state index is 12.8. The summed E-state index contributed by atoms with van der Waals surface area (Å²) in [4.78, 5) is 25.8. The van der Waals surface area contributed by atoms with Crippen molar-refractivity contribution in [3.05, 3.63) is 77.6 Å². The number of methoxy groups -OCH3 is 1. The highest BCUT2D eigenvalue weighted by atomic mass is 16.5. The summed E-state index contributed by atoms with van der Waals surface area (Å²) in [5, 5.41) is 10.5. The van der Waals surface area contributed by atoms with Gasteiger partial charge in [-0.15, -0.1) is 0 Å². The molecule has 0 saturated carbocycles. The number of carbonyl (C=O) groups is 2. The molecule has 1 amide bonds. The predicted molar refractivity (Wildman–Crippen MR) is 98.6 cm³/mol. The van der Waals surface area contributed by atoms with Crippen molar-refractivity contribution in [3.8, 4) is 0 Å². The molecule has 1 N–H and O–H groups in total. The molecule has 1 atom stereocenters. The first-order chi connectivity index (χ1) is 12.6. The first-order valence-electron chi connectivity index (χ1n) is 8.56. The Hall–Kier alpha value is -3.08. The molecule has 5 nitrogen and oxygen atoms in total. The van der Waals surface area contributed by atoms with E-state index in [1.165, 1.54) is 7.11 Å². The van der Waals surface area contributed by atoms with Gasteiger partial charge in [-0.2, -0.15) is 0 Å². The molecule has 1 heterocycles. The average Bonchev–Trinajstić information content (AvgIpc) is 2.94. The van der Waals surface area contributed by atoms with Gasteiger partial charge in [0.05, 0.1) is 13.2 Å². The van der Waals surface area contributed by atoms with E-state index >= 15 is 0 Å². The Morgan fingerprint density at radius 1 is 1.08 bits per heavy atom. The normalized spacial score (nSPS) is 16.9. The molecule has 0 bridgehead atoms. The molecular formula is C21H21NO4. The van der Waals surface area contributed by atoms with E-state index in [9.17, 15) is 14.7 Å². The summed E-state index contributed by atoms with van der Waals surface area (Å²) in [6.45, 7) is 0. The van der Waals surface area contributed by atoms with E-state index in [0.717, 1.165) is 11.3 Å². The van der Waals surface area contributed by atoms with Crippen LogP contribution >= 0.6 is 0 Å². The summed E-state index contributed by atoms with van der Waals surface area (Å²) < 4.78 is 4.67. The number of benzene rings is 2. The van der Waals surface area contributed by atoms with E-state index in [0.29, 0.717) is 18.4 Å². The van der Waals surface area contributed by atoms with Gasteiger partial charge in [-0.05, 0) is 30.5 Å². The molecule has 1 aliphatic heterocycles. The van der Waals surface area contributed by atoms with E-state index in [2.05, 4.69) is 4.74 Å². The van der Waals surface area contributed by atoms with Crippen molar-refractivity contribution >= 4 is 17.6 Å². The number of amides is 1. The smallest absolute Gasteiger partial charge is 0.305 e. The Kier molecular flexibility index (Phi) is 5.37. The third-order valence-electron chi connectivity index (χ3n) is 4.52. The number of aliphatic hydroxyl groups excluding tert-OH is 1. The van der Waals surface area contributed by atoms with Gasteiger partial charge in [0.25, 0.3) is 5.91 Å². The van der Waals surface area contributed by atoms with Gasteiger partial charge in [-0.1, -0.05) is 48.5 Å². The van der Waals surface area contributed by atoms with Crippen molar-refractivity contribution in [1.29, 1.82) is 0 Å².